The number of thioether (sulfide) groups is 1. The van der Waals surface area contributed by atoms with E-state index in [9.17, 15) is 9.59 Å². The second-order valence-electron chi connectivity index (χ2n) is 8.07. The number of nitrogens with zero attached hydrogens (tertiary/aromatic N) is 1. The molecule has 5 heteroatoms. The second-order valence-corrected chi connectivity index (χ2v) is 9.25. The molecule has 0 radical (unpaired) electrons. The molecule has 4 nitrogen and oxygen atoms in total. The third-order valence-corrected chi connectivity index (χ3v) is 6.64. The molecule has 1 aliphatic rings. The monoisotopic (exact) mass is 411 g/mol. The first-order valence-corrected chi connectivity index (χ1v) is 10.8. The van der Waals surface area contributed by atoms with Crippen molar-refractivity contribution in [2.24, 2.45) is 0 Å². The first-order valence-electron chi connectivity index (χ1n) is 9.95. The fourth-order valence-electron chi connectivity index (χ4n) is 3.71. The van der Waals surface area contributed by atoms with Crippen molar-refractivity contribution >= 4 is 23.5 Å². The van der Waals surface area contributed by atoms with Gasteiger partial charge in [-0.3, -0.25) is 9.59 Å². The minimum atomic E-state index is -0.805. The van der Waals surface area contributed by atoms with Gasteiger partial charge in [-0.25, -0.2) is 0 Å². The van der Waals surface area contributed by atoms with Gasteiger partial charge in [-0.15, -0.1) is 11.8 Å². The maximum atomic E-state index is 13.7. The van der Waals surface area contributed by atoms with E-state index in [4.69, 9.17) is 4.74 Å². The largest absolute Gasteiger partial charge is 0.453 e. The van der Waals surface area contributed by atoms with Gasteiger partial charge in [0.1, 0.15) is 0 Å². The highest BCUT2D eigenvalue weighted by atomic mass is 32.2. The van der Waals surface area contributed by atoms with Crippen LogP contribution in [0.25, 0.3) is 0 Å². The minimum Gasteiger partial charge on any atom is -0.453 e. The summed E-state index contributed by atoms with van der Waals surface area (Å²) < 4.78 is 5.66. The van der Waals surface area contributed by atoms with E-state index in [1.54, 1.807) is 11.8 Å². The van der Waals surface area contributed by atoms with Crippen LogP contribution in [0.3, 0.4) is 0 Å². The highest BCUT2D eigenvalue weighted by molar-refractivity contribution is 7.99. The van der Waals surface area contributed by atoms with E-state index in [2.05, 4.69) is 30.0 Å². The molecule has 0 aliphatic carbocycles. The predicted octanol–water partition coefficient (Wildman–Crippen LogP) is 4.69. The van der Waals surface area contributed by atoms with E-state index in [-0.39, 0.29) is 17.0 Å². The summed E-state index contributed by atoms with van der Waals surface area (Å²) in [6.45, 7) is 6.26. The van der Waals surface area contributed by atoms with Crippen molar-refractivity contribution in [1.82, 2.24) is 4.90 Å². The van der Waals surface area contributed by atoms with Crippen LogP contribution in [0.1, 0.15) is 46.8 Å². The van der Waals surface area contributed by atoms with Gasteiger partial charge in [-0.05, 0) is 63.7 Å². The molecule has 0 fully saturated rings. The summed E-state index contributed by atoms with van der Waals surface area (Å²) in [5, 5.41) is -0.267. The summed E-state index contributed by atoms with van der Waals surface area (Å²) in [5.41, 5.74) is 4.35. The summed E-state index contributed by atoms with van der Waals surface area (Å²) in [7, 11) is 4.01. The van der Waals surface area contributed by atoms with Crippen molar-refractivity contribution in [3.63, 3.8) is 0 Å². The molecule has 0 saturated heterocycles. The zero-order valence-corrected chi connectivity index (χ0v) is 18.6. The van der Waals surface area contributed by atoms with Crippen LogP contribution in [0.4, 0.5) is 0 Å². The van der Waals surface area contributed by atoms with Crippen molar-refractivity contribution in [1.29, 1.82) is 0 Å². The fraction of sp³-hybridized carbons (Fsp3) is 0.417. The molecule has 154 valence electrons. The summed E-state index contributed by atoms with van der Waals surface area (Å²) in [6.07, 6.45) is -0.110. The first-order chi connectivity index (χ1) is 13.8. The summed E-state index contributed by atoms with van der Waals surface area (Å²) in [6, 6.07) is 14.4. The number of benzene rings is 2. The van der Waals surface area contributed by atoms with Gasteiger partial charge in [-0.2, -0.15) is 0 Å². The Morgan fingerprint density at radius 1 is 1.07 bits per heavy atom. The maximum absolute atomic E-state index is 13.7. The van der Waals surface area contributed by atoms with Crippen LogP contribution in [0.15, 0.2) is 47.4 Å². The molecule has 1 heterocycles. The smallest absolute Gasteiger partial charge is 0.303 e. The van der Waals surface area contributed by atoms with Crippen molar-refractivity contribution < 1.29 is 14.3 Å². The van der Waals surface area contributed by atoms with Crippen molar-refractivity contribution in [3.8, 4) is 0 Å². The Bertz CT molecular complexity index is 891. The molecular weight excluding hydrogens is 382 g/mol. The Morgan fingerprint density at radius 3 is 2.34 bits per heavy atom. The van der Waals surface area contributed by atoms with E-state index >= 15 is 0 Å². The number of ketones is 1. The Hall–Kier alpha value is -2.11. The lowest BCUT2D eigenvalue weighted by molar-refractivity contribution is -0.153. The fourth-order valence-corrected chi connectivity index (χ4v) is 5.19. The number of hydrogen-bond donors (Lipinski definition) is 0. The minimum absolute atomic E-state index is 0.0114. The maximum Gasteiger partial charge on any atom is 0.303 e. The lowest BCUT2D eigenvalue weighted by atomic mass is 9.86. The van der Waals surface area contributed by atoms with Gasteiger partial charge in [0, 0.05) is 17.7 Å². The second kappa shape index (κ2) is 9.14. The molecule has 0 spiro atoms. The molecular formula is C24H29NO3S. The van der Waals surface area contributed by atoms with E-state index in [1.165, 1.54) is 6.92 Å². The van der Waals surface area contributed by atoms with Crippen molar-refractivity contribution in [3.05, 3.63) is 64.7 Å². The third kappa shape index (κ3) is 5.09. The normalized spacial score (nSPS) is 21.6. The Labute approximate surface area is 177 Å². The van der Waals surface area contributed by atoms with E-state index in [0.717, 1.165) is 33.7 Å². The highest BCUT2D eigenvalue weighted by Crippen LogP contribution is 2.48. The predicted molar refractivity (Wildman–Crippen MR) is 117 cm³/mol. The standard InChI is InChI=1S/C24H29NO3S/c1-15-6-9-18(10-7-15)24-23(28-17(3)26)22(27)20(12-13-25(4)5)19-11-8-16(2)14-21(19)29-24/h6-11,14,20,23-24H,12-13H2,1-5H3. The van der Waals surface area contributed by atoms with Crippen LogP contribution < -0.4 is 0 Å². The van der Waals surface area contributed by atoms with Gasteiger partial charge in [0.05, 0.1) is 5.25 Å². The molecule has 1 aliphatic heterocycles. The van der Waals surface area contributed by atoms with Crippen LogP contribution >= 0.6 is 11.8 Å². The van der Waals surface area contributed by atoms with E-state index in [1.807, 2.05) is 45.3 Å². The SMILES string of the molecule is CC(=O)OC1C(=O)C(CCN(C)C)c2ccc(C)cc2SC1c1ccc(C)cc1. The molecule has 0 aromatic heterocycles. The molecule has 0 bridgehead atoms. The quantitative estimate of drug-likeness (QED) is 0.668. The number of rotatable bonds is 5. The molecule has 0 amide bonds. The lowest BCUT2D eigenvalue weighted by Crippen LogP contribution is -2.35. The number of aryl methyl sites for hydroxylation is 2. The van der Waals surface area contributed by atoms with Crippen LogP contribution in [-0.4, -0.2) is 43.4 Å². The number of Topliss-reactive ketones (excluding diaryl/α,β-unsaturated/α-hetero) is 1. The number of carbonyl (C=O) groups is 2. The Morgan fingerprint density at radius 2 is 1.72 bits per heavy atom. The number of esters is 1. The average molecular weight is 412 g/mol. The van der Waals surface area contributed by atoms with Gasteiger partial charge < -0.3 is 9.64 Å². The molecule has 2 aromatic carbocycles. The molecule has 3 unspecified atom stereocenters. The number of carbonyl (C=O) groups excluding carboxylic acids is 2. The van der Waals surface area contributed by atoms with Crippen LogP contribution in [-0.2, 0) is 14.3 Å². The summed E-state index contributed by atoms with van der Waals surface area (Å²) in [5.74, 6) is -0.724. The molecule has 0 N–H and O–H groups in total. The Balaban J connectivity index is 2.10. The van der Waals surface area contributed by atoms with Gasteiger partial charge >= 0.3 is 5.97 Å². The molecule has 3 atom stereocenters. The van der Waals surface area contributed by atoms with Gasteiger partial charge in [0.25, 0.3) is 0 Å². The number of ether oxygens (including phenoxy) is 1. The van der Waals surface area contributed by atoms with Crippen molar-refractivity contribution in [2.45, 2.75) is 49.4 Å². The van der Waals surface area contributed by atoms with E-state index < -0.39 is 12.1 Å². The first kappa shape index (κ1) is 21.6. The summed E-state index contributed by atoms with van der Waals surface area (Å²) >= 11 is 1.63. The molecule has 29 heavy (non-hydrogen) atoms. The lowest BCUT2D eigenvalue weighted by Gasteiger charge is -2.25. The molecule has 3 rings (SSSR count). The third-order valence-electron chi connectivity index (χ3n) is 5.26. The highest BCUT2D eigenvalue weighted by Gasteiger charge is 2.41. The zero-order valence-electron chi connectivity index (χ0n) is 17.8. The average Bonchev–Trinajstić information content (AvgIpc) is 2.76. The van der Waals surface area contributed by atoms with Crippen molar-refractivity contribution in [2.75, 3.05) is 20.6 Å². The molecule has 2 aromatic rings. The topological polar surface area (TPSA) is 46.6 Å². The van der Waals surface area contributed by atoms with Gasteiger partial charge in [0.2, 0.25) is 0 Å². The molecule has 0 saturated carbocycles. The Kier molecular flexibility index (Phi) is 6.81. The van der Waals surface area contributed by atoms with Gasteiger partial charge in [0.15, 0.2) is 11.9 Å². The van der Waals surface area contributed by atoms with Gasteiger partial charge in [-0.1, -0.05) is 42.0 Å². The number of fused-ring (bicyclic) bond motifs is 1. The number of hydrogen-bond acceptors (Lipinski definition) is 5. The van der Waals surface area contributed by atoms with Crippen LogP contribution in [0, 0.1) is 13.8 Å². The van der Waals surface area contributed by atoms with E-state index in [0.29, 0.717) is 6.42 Å². The van der Waals surface area contributed by atoms with Crippen LogP contribution in [0.5, 0.6) is 0 Å². The zero-order chi connectivity index (χ0) is 21.1. The van der Waals surface area contributed by atoms with Crippen LogP contribution in [0.2, 0.25) is 0 Å². The summed E-state index contributed by atoms with van der Waals surface area (Å²) in [4.78, 5) is 28.8.